The van der Waals surface area contributed by atoms with E-state index in [2.05, 4.69) is 15.9 Å². The van der Waals surface area contributed by atoms with Crippen molar-refractivity contribution in [3.63, 3.8) is 0 Å². The molecule has 10 nitrogen and oxygen atoms in total. The lowest BCUT2D eigenvalue weighted by Crippen LogP contribution is -2.29. The minimum absolute atomic E-state index is 0. The van der Waals surface area contributed by atoms with E-state index in [-0.39, 0.29) is 30.6 Å². The van der Waals surface area contributed by atoms with Crippen molar-refractivity contribution in [2.24, 2.45) is 0 Å². The second kappa shape index (κ2) is 16.0. The summed E-state index contributed by atoms with van der Waals surface area (Å²) in [5.74, 6) is 0. The highest BCUT2D eigenvalue weighted by molar-refractivity contribution is 9.11. The van der Waals surface area contributed by atoms with Gasteiger partial charge in [0, 0.05) is 17.0 Å². The number of halogens is 1. The van der Waals surface area contributed by atoms with Crippen molar-refractivity contribution in [3.05, 3.63) is 108 Å². The van der Waals surface area contributed by atoms with E-state index in [1.54, 1.807) is 48.5 Å². The molecule has 2 heterocycles. The molecule has 14 heteroatoms. The fourth-order valence-corrected chi connectivity index (χ4v) is 4.56. The number of benzene rings is 2. The maximum absolute atomic E-state index is 10.5. The van der Waals surface area contributed by atoms with Gasteiger partial charge in [0.15, 0.2) is 0 Å². The summed E-state index contributed by atoms with van der Waals surface area (Å²) in [7, 11) is -1.43. The van der Waals surface area contributed by atoms with Gasteiger partial charge in [-0.05, 0) is 50.2 Å². The van der Waals surface area contributed by atoms with Crippen LogP contribution in [0.3, 0.4) is 0 Å². The van der Waals surface area contributed by atoms with Crippen molar-refractivity contribution in [1.29, 1.82) is 0 Å². The Balaban J connectivity index is 0.000000287. The molecule has 4 N–H and O–H groups in total. The third kappa shape index (κ3) is 10.5. The number of aliphatic hydroxyl groups is 2. The first-order chi connectivity index (χ1) is 17.1. The largest absolute Gasteiger partial charge is 0.488 e. The zero-order valence-electron chi connectivity index (χ0n) is 18.4. The van der Waals surface area contributed by atoms with Gasteiger partial charge in [-0.3, -0.25) is 20.2 Å². The number of nitro groups is 2. The van der Waals surface area contributed by atoms with Gasteiger partial charge in [0.2, 0.25) is 0 Å². The second-order valence-corrected chi connectivity index (χ2v) is 10.4. The SMILES string of the molecule is C.O=[N+]([O-])c1ccc(-c2ccc(CO)cc2)s1.O=[N+]([O-])c1ccc(Br)s1.OCc1ccc(B(O)O)cc1. The maximum atomic E-state index is 10.5. The first-order valence-electron chi connectivity index (χ1n) is 10.0. The zero-order chi connectivity index (χ0) is 26.7. The number of thiophene rings is 2. The van der Waals surface area contributed by atoms with E-state index in [9.17, 15) is 20.2 Å². The van der Waals surface area contributed by atoms with Crippen LogP contribution in [0.15, 0.2) is 76.6 Å². The lowest BCUT2D eigenvalue weighted by molar-refractivity contribution is -0.380. The van der Waals surface area contributed by atoms with Crippen LogP contribution in [0.5, 0.6) is 0 Å². The number of aliphatic hydroxyl groups excluding tert-OH is 2. The Morgan fingerprint density at radius 3 is 1.54 bits per heavy atom. The summed E-state index contributed by atoms with van der Waals surface area (Å²) in [6.45, 7) is -0.0212. The summed E-state index contributed by atoms with van der Waals surface area (Å²) < 4.78 is 0.786. The van der Waals surface area contributed by atoms with E-state index in [1.807, 2.05) is 12.1 Å². The third-order valence-electron chi connectivity index (χ3n) is 4.39. The molecule has 0 saturated carbocycles. The van der Waals surface area contributed by atoms with Crippen LogP contribution in [-0.2, 0) is 13.2 Å². The first-order valence-corrected chi connectivity index (χ1v) is 12.5. The van der Waals surface area contributed by atoms with E-state index in [0.29, 0.717) is 5.46 Å². The number of hydrogen-bond donors (Lipinski definition) is 4. The highest BCUT2D eigenvalue weighted by Crippen LogP contribution is 2.32. The monoisotopic (exact) mass is 610 g/mol. The Morgan fingerprint density at radius 1 is 0.730 bits per heavy atom. The molecule has 0 amide bonds. The van der Waals surface area contributed by atoms with Gasteiger partial charge < -0.3 is 20.3 Å². The molecule has 0 unspecified atom stereocenters. The van der Waals surface area contributed by atoms with Crippen LogP contribution in [0.4, 0.5) is 10.0 Å². The molecule has 0 fully saturated rings. The van der Waals surface area contributed by atoms with Gasteiger partial charge in [-0.25, -0.2) is 0 Å². The Labute approximate surface area is 229 Å². The molecule has 0 atom stereocenters. The van der Waals surface area contributed by atoms with Crippen LogP contribution in [0.1, 0.15) is 18.6 Å². The van der Waals surface area contributed by atoms with Gasteiger partial charge in [-0.15, -0.1) is 0 Å². The summed E-state index contributed by atoms with van der Waals surface area (Å²) in [5.41, 5.74) is 2.95. The topological polar surface area (TPSA) is 167 Å². The van der Waals surface area contributed by atoms with E-state index in [1.165, 1.54) is 12.1 Å². The van der Waals surface area contributed by atoms with Crippen LogP contribution < -0.4 is 5.46 Å². The lowest BCUT2D eigenvalue weighted by atomic mass is 9.80. The average molecular weight is 611 g/mol. The van der Waals surface area contributed by atoms with E-state index in [0.717, 1.165) is 48.0 Å². The van der Waals surface area contributed by atoms with Gasteiger partial charge >= 0.3 is 17.1 Å². The molecule has 0 aliphatic carbocycles. The highest BCUT2D eigenvalue weighted by Gasteiger charge is 2.11. The summed E-state index contributed by atoms with van der Waals surface area (Å²) in [6, 6.07) is 20.1. The smallest absolute Gasteiger partial charge is 0.423 e. The molecule has 196 valence electrons. The molecule has 4 aromatic rings. The van der Waals surface area contributed by atoms with Crippen molar-refractivity contribution in [3.8, 4) is 10.4 Å². The molecule has 4 rings (SSSR count). The molecule has 0 saturated heterocycles. The van der Waals surface area contributed by atoms with Crippen LogP contribution in [0.25, 0.3) is 10.4 Å². The molecule has 0 bridgehead atoms. The molecule has 0 radical (unpaired) electrons. The van der Waals surface area contributed by atoms with Crippen LogP contribution >= 0.6 is 38.6 Å². The standard InChI is InChI=1S/C11H9NO3S.C7H9BO3.C4H2BrNO2S.CH4/c13-7-8-1-3-9(4-2-8)10-5-6-11(16-10)12(14)15;9-5-6-1-3-7(4-2-6)8(10)11;5-3-1-2-4(9-3)6(7)8;/h1-6,13H,7H2;1-4,9-11H,5H2;1-2H;1H4. The summed E-state index contributed by atoms with van der Waals surface area (Å²) >= 11 is 5.37. The minimum Gasteiger partial charge on any atom is -0.423 e. The molecule has 0 aliphatic heterocycles. The molecular weight excluding hydrogens is 587 g/mol. The predicted molar refractivity (Wildman–Crippen MR) is 150 cm³/mol. The van der Waals surface area contributed by atoms with E-state index in [4.69, 9.17) is 20.3 Å². The Hall–Kier alpha value is -2.98. The Kier molecular flexibility index (Phi) is 13.9. The molecule has 0 spiro atoms. The van der Waals surface area contributed by atoms with Crippen LogP contribution in [-0.4, -0.2) is 37.2 Å². The van der Waals surface area contributed by atoms with Gasteiger partial charge in [0.1, 0.15) is 0 Å². The van der Waals surface area contributed by atoms with Crippen LogP contribution in [0.2, 0.25) is 0 Å². The van der Waals surface area contributed by atoms with Crippen molar-refractivity contribution < 1.29 is 30.1 Å². The zero-order valence-corrected chi connectivity index (χ0v) is 21.6. The van der Waals surface area contributed by atoms with Gasteiger partial charge in [-0.1, -0.05) is 78.6 Å². The van der Waals surface area contributed by atoms with Gasteiger partial charge in [0.25, 0.3) is 0 Å². The molecule has 37 heavy (non-hydrogen) atoms. The fourth-order valence-electron chi connectivity index (χ4n) is 2.55. The average Bonchev–Trinajstić information content (AvgIpc) is 3.55. The summed E-state index contributed by atoms with van der Waals surface area (Å²) in [6.07, 6.45) is 0. The number of nitrogens with zero attached hydrogens (tertiary/aromatic N) is 2. The van der Waals surface area contributed by atoms with Crippen molar-refractivity contribution in [1.82, 2.24) is 0 Å². The third-order valence-corrected chi connectivity index (χ3v) is 7.05. The number of hydrogen-bond acceptors (Lipinski definition) is 10. The first kappa shape index (κ1) is 32.1. The molecule has 2 aromatic heterocycles. The van der Waals surface area contributed by atoms with E-state index < -0.39 is 17.0 Å². The predicted octanol–water partition coefficient (Wildman–Crippen LogP) is 4.73. The summed E-state index contributed by atoms with van der Waals surface area (Å²) in [4.78, 5) is 20.6. The van der Waals surface area contributed by atoms with Gasteiger partial charge in [0.05, 0.1) is 26.8 Å². The fraction of sp³-hybridized carbons (Fsp3) is 0.130. The van der Waals surface area contributed by atoms with Crippen LogP contribution in [0, 0.1) is 20.2 Å². The Bertz CT molecular complexity index is 1260. The van der Waals surface area contributed by atoms with E-state index >= 15 is 0 Å². The minimum atomic E-state index is -1.43. The second-order valence-electron chi connectivity index (χ2n) is 6.86. The summed E-state index contributed by atoms with van der Waals surface area (Å²) in [5, 5.41) is 55.7. The molecule has 0 aliphatic rings. The molecular formula is C23H24BBrN2O8S2. The normalized spacial score (nSPS) is 9.65. The van der Waals surface area contributed by atoms with Gasteiger partial charge in [-0.2, -0.15) is 0 Å². The number of rotatable bonds is 6. The quantitative estimate of drug-likeness (QED) is 0.138. The Morgan fingerprint density at radius 2 is 1.19 bits per heavy atom. The van der Waals surface area contributed by atoms with Crippen molar-refractivity contribution in [2.45, 2.75) is 20.6 Å². The van der Waals surface area contributed by atoms with Crippen molar-refractivity contribution >= 4 is 61.2 Å². The molecule has 2 aromatic carbocycles. The van der Waals surface area contributed by atoms with Crippen molar-refractivity contribution in [2.75, 3.05) is 0 Å². The lowest BCUT2D eigenvalue weighted by Gasteiger charge is -1.99. The highest BCUT2D eigenvalue weighted by atomic mass is 79.9. The maximum Gasteiger partial charge on any atom is 0.488 e.